The molecule has 3 rings (SSSR count). The summed E-state index contributed by atoms with van der Waals surface area (Å²) < 4.78 is 24.3. The molecule has 0 amide bonds. The lowest BCUT2D eigenvalue weighted by atomic mass is 9.92. The van der Waals surface area contributed by atoms with E-state index in [-0.39, 0.29) is 5.41 Å². The zero-order chi connectivity index (χ0) is 18.2. The molecule has 24 heavy (non-hydrogen) atoms. The topological polar surface area (TPSA) is 51.0 Å². The summed E-state index contributed by atoms with van der Waals surface area (Å²) in [7, 11) is 1.00. The van der Waals surface area contributed by atoms with Crippen LogP contribution in [0.4, 0.5) is 8.78 Å². The van der Waals surface area contributed by atoms with Gasteiger partial charge in [0.15, 0.2) is 0 Å². The molecule has 1 fully saturated rings. The second-order valence-corrected chi connectivity index (χ2v) is 6.73. The first kappa shape index (κ1) is 20.2. The number of benzene rings is 1. The van der Waals surface area contributed by atoms with Crippen molar-refractivity contribution in [2.45, 2.75) is 33.1 Å². The monoisotopic (exact) mass is 339 g/mol. The maximum Gasteiger partial charge on any atom is 0.227 e. The van der Waals surface area contributed by atoms with Gasteiger partial charge in [0.1, 0.15) is 0 Å². The van der Waals surface area contributed by atoms with E-state index in [1.165, 1.54) is 5.56 Å². The highest BCUT2D eigenvalue weighted by Gasteiger charge is 2.20. The third-order valence-electron chi connectivity index (χ3n) is 3.57. The van der Waals surface area contributed by atoms with Crippen molar-refractivity contribution < 1.29 is 13.3 Å². The van der Waals surface area contributed by atoms with Crippen molar-refractivity contribution in [3.63, 3.8) is 0 Å². The van der Waals surface area contributed by atoms with E-state index >= 15 is 0 Å². The molecule has 0 aliphatic carbocycles. The molecule has 0 radical (unpaired) electrons. The van der Waals surface area contributed by atoms with Gasteiger partial charge < -0.3 is 9.84 Å². The summed E-state index contributed by atoms with van der Waals surface area (Å²) in [6.45, 7) is 8.66. The Morgan fingerprint density at radius 3 is 2.12 bits per heavy atom. The van der Waals surface area contributed by atoms with Gasteiger partial charge in [-0.1, -0.05) is 50.2 Å². The van der Waals surface area contributed by atoms with Gasteiger partial charge in [0.2, 0.25) is 11.7 Å². The van der Waals surface area contributed by atoms with E-state index in [1.54, 1.807) is 0 Å². The number of hydrogen-bond donors (Lipinski definition) is 1. The standard InChI is InChI=1S/C16H21N3O.2CH3F/c1-16(2,3)8-14-18-15(19-20-14)12-6-4-11(5-7-12)13-9-17-10-13;2*1-2/h4-7,13,17H,8-10H2,1-3H3;2*1H3. The van der Waals surface area contributed by atoms with Gasteiger partial charge in [0, 0.05) is 31.0 Å². The zero-order valence-corrected chi connectivity index (χ0v) is 15.1. The number of alkyl halides is 2. The molecule has 0 atom stereocenters. The average Bonchev–Trinajstić information content (AvgIpc) is 2.97. The fraction of sp³-hybridized carbons (Fsp3) is 0.556. The molecular formula is C18H27F2N3O. The van der Waals surface area contributed by atoms with Crippen molar-refractivity contribution in [2.75, 3.05) is 27.4 Å². The van der Waals surface area contributed by atoms with Crippen LogP contribution in [-0.2, 0) is 6.42 Å². The number of hydrogen-bond acceptors (Lipinski definition) is 4. The molecule has 1 aliphatic heterocycles. The molecule has 1 aromatic heterocycles. The van der Waals surface area contributed by atoms with Crippen LogP contribution in [0.25, 0.3) is 11.4 Å². The quantitative estimate of drug-likeness (QED) is 0.911. The SMILES string of the molecule is CC(C)(C)Cc1nc(-c2ccc(C3CNC3)cc2)no1.CF.CF. The molecule has 134 valence electrons. The first-order valence-corrected chi connectivity index (χ1v) is 7.90. The van der Waals surface area contributed by atoms with Gasteiger partial charge in [-0.15, -0.1) is 0 Å². The second-order valence-electron chi connectivity index (χ2n) is 6.73. The highest BCUT2D eigenvalue weighted by molar-refractivity contribution is 5.55. The normalized spacial score (nSPS) is 14.0. The molecule has 2 aromatic rings. The summed E-state index contributed by atoms with van der Waals surface area (Å²) in [5.41, 5.74) is 2.56. The van der Waals surface area contributed by atoms with E-state index in [4.69, 9.17) is 4.52 Å². The zero-order valence-electron chi connectivity index (χ0n) is 15.1. The van der Waals surface area contributed by atoms with Crippen LogP contribution >= 0.6 is 0 Å². The van der Waals surface area contributed by atoms with Crippen molar-refractivity contribution in [3.8, 4) is 11.4 Å². The van der Waals surface area contributed by atoms with Crippen molar-refractivity contribution in [2.24, 2.45) is 5.41 Å². The number of nitrogens with one attached hydrogen (secondary N) is 1. The van der Waals surface area contributed by atoms with Crippen LogP contribution in [0, 0.1) is 5.41 Å². The van der Waals surface area contributed by atoms with Crippen molar-refractivity contribution in [1.82, 2.24) is 15.5 Å². The average molecular weight is 339 g/mol. The van der Waals surface area contributed by atoms with Gasteiger partial charge >= 0.3 is 0 Å². The fourth-order valence-electron chi connectivity index (χ4n) is 2.33. The molecular weight excluding hydrogens is 312 g/mol. The number of halogens is 2. The lowest BCUT2D eigenvalue weighted by Crippen LogP contribution is -2.39. The molecule has 0 spiro atoms. The van der Waals surface area contributed by atoms with E-state index < -0.39 is 0 Å². The van der Waals surface area contributed by atoms with Crippen LogP contribution in [-0.4, -0.2) is 37.6 Å². The van der Waals surface area contributed by atoms with E-state index in [0.29, 0.717) is 32.0 Å². The summed E-state index contributed by atoms with van der Waals surface area (Å²) in [5.74, 6) is 2.05. The molecule has 1 N–H and O–H groups in total. The Morgan fingerprint density at radius 1 is 1.08 bits per heavy atom. The van der Waals surface area contributed by atoms with Crippen molar-refractivity contribution >= 4 is 0 Å². The third kappa shape index (κ3) is 5.67. The summed E-state index contributed by atoms with van der Waals surface area (Å²) in [5, 5.41) is 7.37. The minimum absolute atomic E-state index is 0.158. The number of nitrogens with zero attached hydrogens (tertiary/aromatic N) is 2. The number of rotatable bonds is 3. The largest absolute Gasteiger partial charge is 0.339 e. The lowest BCUT2D eigenvalue weighted by molar-refractivity contribution is 0.314. The van der Waals surface area contributed by atoms with E-state index in [0.717, 1.165) is 25.1 Å². The lowest BCUT2D eigenvalue weighted by Gasteiger charge is -2.27. The first-order chi connectivity index (χ1) is 11.5. The van der Waals surface area contributed by atoms with Gasteiger partial charge in [0.05, 0.1) is 14.4 Å². The van der Waals surface area contributed by atoms with Gasteiger partial charge in [-0.25, -0.2) is 0 Å². The first-order valence-electron chi connectivity index (χ1n) is 7.90. The minimum Gasteiger partial charge on any atom is -0.339 e. The van der Waals surface area contributed by atoms with Crippen molar-refractivity contribution in [3.05, 3.63) is 35.7 Å². The molecule has 1 saturated heterocycles. The van der Waals surface area contributed by atoms with Crippen LogP contribution in [0.15, 0.2) is 28.8 Å². The Labute approximate surface area is 142 Å². The Balaban J connectivity index is 0.000000671. The van der Waals surface area contributed by atoms with Gasteiger partial charge in [-0.2, -0.15) is 4.98 Å². The summed E-state index contributed by atoms with van der Waals surface area (Å²) in [6.07, 6.45) is 0.797. The maximum atomic E-state index is 9.50. The predicted molar refractivity (Wildman–Crippen MR) is 92.6 cm³/mol. The molecule has 1 aliphatic rings. The highest BCUT2D eigenvalue weighted by atomic mass is 19.1. The third-order valence-corrected chi connectivity index (χ3v) is 3.57. The van der Waals surface area contributed by atoms with Crippen LogP contribution in [0.2, 0.25) is 0 Å². The summed E-state index contributed by atoms with van der Waals surface area (Å²) in [6, 6.07) is 8.50. The Hall–Kier alpha value is -1.82. The van der Waals surface area contributed by atoms with Gasteiger partial charge in [-0.3, -0.25) is 8.78 Å². The van der Waals surface area contributed by atoms with Crippen LogP contribution in [0.1, 0.15) is 38.1 Å². The highest BCUT2D eigenvalue weighted by Crippen LogP contribution is 2.25. The second kappa shape index (κ2) is 9.47. The Kier molecular flexibility index (Phi) is 7.98. The molecule has 6 heteroatoms. The minimum atomic E-state index is 0.158. The van der Waals surface area contributed by atoms with Crippen LogP contribution in [0.3, 0.4) is 0 Å². The fourth-order valence-corrected chi connectivity index (χ4v) is 2.33. The van der Waals surface area contributed by atoms with E-state index in [1.807, 2.05) is 0 Å². The molecule has 4 nitrogen and oxygen atoms in total. The van der Waals surface area contributed by atoms with E-state index in [9.17, 15) is 8.78 Å². The van der Waals surface area contributed by atoms with E-state index in [2.05, 4.69) is 60.5 Å². The van der Waals surface area contributed by atoms with Gasteiger partial charge in [0.25, 0.3) is 0 Å². The smallest absolute Gasteiger partial charge is 0.227 e. The number of aromatic nitrogens is 2. The molecule has 1 aromatic carbocycles. The van der Waals surface area contributed by atoms with Crippen LogP contribution in [0.5, 0.6) is 0 Å². The molecule has 2 heterocycles. The summed E-state index contributed by atoms with van der Waals surface area (Å²) in [4.78, 5) is 4.48. The van der Waals surface area contributed by atoms with Crippen LogP contribution < -0.4 is 5.32 Å². The predicted octanol–water partition coefficient (Wildman–Crippen LogP) is 4.18. The molecule has 0 unspecified atom stereocenters. The Bertz CT molecular complexity index is 587. The maximum absolute atomic E-state index is 9.50. The summed E-state index contributed by atoms with van der Waals surface area (Å²) >= 11 is 0. The van der Waals surface area contributed by atoms with Crippen molar-refractivity contribution in [1.29, 1.82) is 0 Å². The van der Waals surface area contributed by atoms with Gasteiger partial charge in [-0.05, 0) is 11.0 Å². The Morgan fingerprint density at radius 2 is 1.67 bits per heavy atom. The molecule has 0 bridgehead atoms. The molecule has 0 saturated carbocycles.